The molecule has 4 rings (SSSR count). The van der Waals surface area contributed by atoms with Gasteiger partial charge in [0.15, 0.2) is 0 Å². The smallest absolute Gasteiger partial charge is 0.222 e. The molecule has 0 amide bonds. The van der Waals surface area contributed by atoms with Crippen LogP contribution in [0.1, 0.15) is 16.8 Å². The lowest BCUT2D eigenvalue weighted by Gasteiger charge is -2.07. The predicted molar refractivity (Wildman–Crippen MR) is 95.4 cm³/mol. The molecule has 0 aliphatic rings. The third-order valence-corrected chi connectivity index (χ3v) is 4.45. The molecule has 0 saturated carbocycles. The van der Waals surface area contributed by atoms with Gasteiger partial charge in [-0.05, 0) is 36.2 Å². The number of nitrogens with zero attached hydrogens (tertiary/aromatic N) is 3. The van der Waals surface area contributed by atoms with E-state index < -0.39 is 0 Å². The Balaban J connectivity index is 1.89. The van der Waals surface area contributed by atoms with Crippen molar-refractivity contribution in [1.82, 2.24) is 14.6 Å². The summed E-state index contributed by atoms with van der Waals surface area (Å²) in [5.74, 6) is 0.738. The Kier molecular flexibility index (Phi) is 3.53. The maximum absolute atomic E-state index is 13.8. The monoisotopic (exact) mass is 336 g/mol. The van der Waals surface area contributed by atoms with E-state index >= 15 is 0 Å². The average Bonchev–Trinajstić information content (AvgIpc) is 3.03. The first-order chi connectivity index (χ1) is 12.1. The highest BCUT2D eigenvalue weighted by Gasteiger charge is 2.14. The van der Waals surface area contributed by atoms with Crippen LogP contribution in [-0.2, 0) is 6.42 Å². The van der Waals surface area contributed by atoms with Crippen LogP contribution in [0.25, 0.3) is 16.4 Å². The van der Waals surface area contributed by atoms with E-state index in [9.17, 15) is 4.39 Å². The number of halogens is 1. The summed E-state index contributed by atoms with van der Waals surface area (Å²) in [6.45, 7) is 1.77. The van der Waals surface area contributed by atoms with E-state index in [2.05, 4.69) is 10.1 Å². The van der Waals surface area contributed by atoms with Crippen molar-refractivity contribution < 1.29 is 9.13 Å². The van der Waals surface area contributed by atoms with Gasteiger partial charge in [0.2, 0.25) is 5.95 Å². The number of hydrogen-bond acceptors (Lipinski definition) is 4. The van der Waals surface area contributed by atoms with Crippen molar-refractivity contribution in [1.29, 1.82) is 0 Å². The predicted octanol–water partition coefficient (Wildman–Crippen LogP) is 3.51. The number of aromatic nitrogens is 3. The third-order valence-electron chi connectivity index (χ3n) is 4.45. The number of rotatable bonds is 3. The van der Waals surface area contributed by atoms with Gasteiger partial charge in [-0.1, -0.05) is 24.3 Å². The largest absolute Gasteiger partial charge is 0.494 e. The lowest BCUT2D eigenvalue weighted by atomic mass is 10.0. The van der Waals surface area contributed by atoms with E-state index in [-0.39, 0.29) is 11.8 Å². The number of anilines is 1. The van der Waals surface area contributed by atoms with Crippen LogP contribution < -0.4 is 10.5 Å². The molecule has 0 aliphatic carbocycles. The van der Waals surface area contributed by atoms with Crippen molar-refractivity contribution in [2.45, 2.75) is 13.3 Å². The van der Waals surface area contributed by atoms with Crippen LogP contribution in [-0.4, -0.2) is 21.7 Å². The Morgan fingerprint density at radius 1 is 1.20 bits per heavy atom. The Bertz CT molecular complexity index is 1100. The molecule has 5 nitrogen and oxygen atoms in total. The summed E-state index contributed by atoms with van der Waals surface area (Å²) in [6, 6.07) is 12.8. The number of ether oxygens (including phenoxy) is 1. The molecule has 0 radical (unpaired) electrons. The van der Waals surface area contributed by atoms with E-state index in [1.807, 2.05) is 30.3 Å². The molecule has 0 aliphatic heterocycles. The van der Waals surface area contributed by atoms with E-state index in [0.717, 1.165) is 22.2 Å². The van der Waals surface area contributed by atoms with Gasteiger partial charge in [-0.25, -0.2) is 9.37 Å². The number of para-hydroxylation sites is 1. The van der Waals surface area contributed by atoms with Crippen molar-refractivity contribution in [2.75, 3.05) is 12.8 Å². The fraction of sp³-hybridized carbons (Fsp3) is 0.158. The normalized spacial score (nSPS) is 11.3. The summed E-state index contributed by atoms with van der Waals surface area (Å²) in [5, 5.41) is 5.46. The summed E-state index contributed by atoms with van der Waals surface area (Å²) >= 11 is 0. The molecule has 0 saturated heterocycles. The second-order valence-electron chi connectivity index (χ2n) is 5.96. The summed E-state index contributed by atoms with van der Waals surface area (Å²) in [4.78, 5) is 4.42. The minimum Gasteiger partial charge on any atom is -0.494 e. The SMILES string of the molecule is COc1cccc2c1nc(N)n1nc(Cc3cccc(F)c3C)cc21. The van der Waals surface area contributed by atoms with Gasteiger partial charge < -0.3 is 10.5 Å². The van der Waals surface area contributed by atoms with Gasteiger partial charge in [-0.15, -0.1) is 0 Å². The summed E-state index contributed by atoms with van der Waals surface area (Å²) in [5.41, 5.74) is 9.97. The molecule has 0 spiro atoms. The van der Waals surface area contributed by atoms with Gasteiger partial charge in [-0.3, -0.25) is 0 Å². The maximum Gasteiger partial charge on any atom is 0.222 e. The maximum atomic E-state index is 13.8. The highest BCUT2D eigenvalue weighted by molar-refractivity contribution is 5.97. The zero-order valence-corrected chi connectivity index (χ0v) is 14.0. The molecule has 126 valence electrons. The number of hydrogen-bond donors (Lipinski definition) is 1. The van der Waals surface area contributed by atoms with Gasteiger partial charge in [-0.2, -0.15) is 9.61 Å². The van der Waals surface area contributed by atoms with Crippen LogP contribution in [0.4, 0.5) is 10.3 Å². The minimum atomic E-state index is -0.211. The highest BCUT2D eigenvalue weighted by atomic mass is 19.1. The lowest BCUT2D eigenvalue weighted by Crippen LogP contribution is -2.03. The fourth-order valence-corrected chi connectivity index (χ4v) is 3.09. The Labute approximate surface area is 143 Å². The quantitative estimate of drug-likeness (QED) is 0.622. The number of benzene rings is 2. The Morgan fingerprint density at radius 3 is 2.80 bits per heavy atom. The van der Waals surface area contributed by atoms with Crippen molar-refractivity contribution in [3.05, 3.63) is 65.1 Å². The molecule has 2 aromatic carbocycles. The van der Waals surface area contributed by atoms with Gasteiger partial charge in [0, 0.05) is 11.8 Å². The van der Waals surface area contributed by atoms with Gasteiger partial charge in [0.25, 0.3) is 0 Å². The van der Waals surface area contributed by atoms with Crippen molar-refractivity contribution in [3.8, 4) is 5.75 Å². The number of fused-ring (bicyclic) bond motifs is 3. The molecule has 2 heterocycles. The van der Waals surface area contributed by atoms with E-state index in [4.69, 9.17) is 10.5 Å². The lowest BCUT2D eigenvalue weighted by molar-refractivity contribution is 0.419. The zero-order chi connectivity index (χ0) is 17.6. The Hall–Kier alpha value is -3.15. The topological polar surface area (TPSA) is 65.4 Å². The van der Waals surface area contributed by atoms with Crippen molar-refractivity contribution in [2.24, 2.45) is 0 Å². The fourth-order valence-electron chi connectivity index (χ4n) is 3.09. The van der Waals surface area contributed by atoms with E-state index in [0.29, 0.717) is 23.3 Å². The van der Waals surface area contributed by atoms with E-state index in [1.54, 1.807) is 24.6 Å². The molecule has 4 aromatic rings. The molecule has 0 unspecified atom stereocenters. The first-order valence-electron chi connectivity index (χ1n) is 7.93. The first kappa shape index (κ1) is 15.4. The zero-order valence-electron chi connectivity index (χ0n) is 14.0. The van der Waals surface area contributed by atoms with Crippen LogP contribution >= 0.6 is 0 Å². The van der Waals surface area contributed by atoms with Crippen LogP contribution in [0.5, 0.6) is 5.75 Å². The first-order valence-corrected chi connectivity index (χ1v) is 7.93. The van der Waals surface area contributed by atoms with Crippen molar-refractivity contribution in [3.63, 3.8) is 0 Å². The second kappa shape index (κ2) is 5.73. The molecule has 2 aromatic heterocycles. The summed E-state index contributed by atoms with van der Waals surface area (Å²) in [6.07, 6.45) is 0.524. The van der Waals surface area contributed by atoms with Gasteiger partial charge >= 0.3 is 0 Å². The second-order valence-corrected chi connectivity index (χ2v) is 5.96. The highest BCUT2D eigenvalue weighted by Crippen LogP contribution is 2.29. The summed E-state index contributed by atoms with van der Waals surface area (Å²) in [7, 11) is 1.60. The number of nitrogen functional groups attached to an aromatic ring is 1. The molecular formula is C19H17FN4O. The van der Waals surface area contributed by atoms with Crippen LogP contribution in [0.15, 0.2) is 42.5 Å². The molecule has 6 heteroatoms. The molecular weight excluding hydrogens is 319 g/mol. The molecule has 25 heavy (non-hydrogen) atoms. The summed E-state index contributed by atoms with van der Waals surface area (Å²) < 4.78 is 20.8. The molecule has 0 bridgehead atoms. The van der Waals surface area contributed by atoms with Crippen LogP contribution in [0.2, 0.25) is 0 Å². The number of methoxy groups -OCH3 is 1. The standard InChI is InChI=1S/C19H17FN4O/c1-11-12(5-3-7-15(11)20)9-13-10-16-14-6-4-8-17(25-2)18(14)22-19(21)24(16)23-13/h3-8,10H,9H2,1-2H3,(H2,21,22). The van der Waals surface area contributed by atoms with Crippen LogP contribution in [0.3, 0.4) is 0 Å². The van der Waals surface area contributed by atoms with Crippen LogP contribution in [0, 0.1) is 12.7 Å². The Morgan fingerprint density at radius 2 is 2.00 bits per heavy atom. The number of nitrogens with two attached hydrogens (primary N) is 1. The molecule has 0 atom stereocenters. The van der Waals surface area contributed by atoms with Gasteiger partial charge in [0.1, 0.15) is 17.1 Å². The van der Waals surface area contributed by atoms with E-state index in [1.165, 1.54) is 6.07 Å². The molecule has 0 fully saturated rings. The minimum absolute atomic E-state index is 0.211. The average molecular weight is 336 g/mol. The van der Waals surface area contributed by atoms with Crippen molar-refractivity contribution >= 4 is 22.4 Å². The molecule has 2 N–H and O–H groups in total. The third kappa shape index (κ3) is 2.46. The van der Waals surface area contributed by atoms with Gasteiger partial charge in [0.05, 0.1) is 18.3 Å².